The van der Waals surface area contributed by atoms with Crippen LogP contribution in [0.5, 0.6) is 0 Å². The van der Waals surface area contributed by atoms with E-state index in [1.807, 2.05) is 0 Å². The van der Waals surface area contributed by atoms with Gasteiger partial charge in [-0.2, -0.15) is 0 Å². The van der Waals surface area contributed by atoms with Crippen LogP contribution in [0.3, 0.4) is 0 Å². The molecule has 3 atom stereocenters. The van der Waals surface area contributed by atoms with E-state index < -0.39 is 7.82 Å². The number of phosphoric acid groups is 1. The predicted octanol–water partition coefficient (Wildman–Crippen LogP) is 5.04. The van der Waals surface area contributed by atoms with Gasteiger partial charge in [0.1, 0.15) is 0 Å². The molecular formula is C15H31O4P. The molecule has 5 heteroatoms. The second-order valence-corrected chi connectivity index (χ2v) is 7.91. The molecule has 0 aromatic carbocycles. The minimum atomic E-state index is -3.38. The van der Waals surface area contributed by atoms with Crippen LogP contribution >= 0.6 is 7.82 Å². The second-order valence-electron chi connectivity index (χ2n) is 6.18. The van der Waals surface area contributed by atoms with Crippen LogP contribution in [-0.4, -0.2) is 19.8 Å². The largest absolute Gasteiger partial charge is 0.474 e. The maximum absolute atomic E-state index is 12.4. The van der Waals surface area contributed by atoms with Crippen LogP contribution in [0.2, 0.25) is 0 Å². The molecule has 3 unspecified atom stereocenters. The zero-order valence-corrected chi connectivity index (χ0v) is 14.5. The maximum Gasteiger partial charge on any atom is 0.474 e. The number of rotatable bonds is 8. The molecule has 0 N–H and O–H groups in total. The van der Waals surface area contributed by atoms with Gasteiger partial charge in [0, 0.05) is 7.11 Å². The molecule has 0 spiro atoms. The van der Waals surface area contributed by atoms with E-state index >= 15 is 0 Å². The first kappa shape index (κ1) is 18.2. The van der Waals surface area contributed by atoms with Gasteiger partial charge in [-0.25, -0.2) is 4.57 Å². The summed E-state index contributed by atoms with van der Waals surface area (Å²) < 4.78 is 28.6. The molecule has 0 amide bonds. The van der Waals surface area contributed by atoms with Crippen LogP contribution in [0.1, 0.15) is 59.8 Å². The number of phosphoric ester groups is 1. The fourth-order valence-corrected chi connectivity index (χ4v) is 3.98. The van der Waals surface area contributed by atoms with Crippen molar-refractivity contribution in [3.05, 3.63) is 0 Å². The molecule has 0 aromatic heterocycles. The van der Waals surface area contributed by atoms with Gasteiger partial charge < -0.3 is 0 Å². The molecular weight excluding hydrogens is 275 g/mol. The lowest BCUT2D eigenvalue weighted by Crippen LogP contribution is -2.32. The molecule has 1 fully saturated rings. The Morgan fingerprint density at radius 3 is 2.20 bits per heavy atom. The first-order valence-corrected chi connectivity index (χ1v) is 9.36. The van der Waals surface area contributed by atoms with Crippen LogP contribution in [-0.2, 0) is 18.1 Å². The van der Waals surface area contributed by atoms with Gasteiger partial charge in [0.05, 0.1) is 12.7 Å². The van der Waals surface area contributed by atoms with Gasteiger partial charge in [-0.05, 0) is 37.0 Å². The quantitative estimate of drug-likeness (QED) is 0.466. The maximum atomic E-state index is 12.4. The number of hydrogen-bond acceptors (Lipinski definition) is 4. The lowest BCUT2D eigenvalue weighted by molar-refractivity contribution is 0.0260. The summed E-state index contributed by atoms with van der Waals surface area (Å²) in [5, 5.41) is 0. The molecule has 20 heavy (non-hydrogen) atoms. The first-order chi connectivity index (χ1) is 9.41. The average Bonchev–Trinajstić information content (AvgIpc) is 2.41. The Balaban J connectivity index is 2.48. The summed E-state index contributed by atoms with van der Waals surface area (Å²) in [6.45, 7) is 9.31. The first-order valence-electron chi connectivity index (χ1n) is 7.90. The topological polar surface area (TPSA) is 44.8 Å². The highest BCUT2D eigenvalue weighted by molar-refractivity contribution is 7.48. The lowest BCUT2D eigenvalue weighted by atomic mass is 9.73. The predicted molar refractivity (Wildman–Crippen MR) is 81.7 cm³/mol. The van der Waals surface area contributed by atoms with E-state index in [0.29, 0.717) is 24.4 Å². The van der Waals surface area contributed by atoms with Gasteiger partial charge in [-0.15, -0.1) is 0 Å². The molecule has 0 bridgehead atoms. The smallest absolute Gasteiger partial charge is 0.290 e. The minimum absolute atomic E-state index is 0.0202. The highest BCUT2D eigenvalue weighted by Crippen LogP contribution is 2.52. The van der Waals surface area contributed by atoms with E-state index in [1.165, 1.54) is 7.11 Å². The highest BCUT2D eigenvalue weighted by atomic mass is 31.2. The van der Waals surface area contributed by atoms with Crippen molar-refractivity contribution in [3.63, 3.8) is 0 Å². The molecule has 1 rings (SSSR count). The summed E-state index contributed by atoms with van der Waals surface area (Å²) in [4.78, 5) is 0. The summed E-state index contributed by atoms with van der Waals surface area (Å²) in [7, 11) is -1.98. The zero-order valence-electron chi connectivity index (χ0n) is 13.6. The third-order valence-corrected chi connectivity index (χ3v) is 6.07. The number of unbranched alkanes of at least 4 members (excludes halogenated alkanes) is 2. The summed E-state index contributed by atoms with van der Waals surface area (Å²) in [5.41, 5.74) is 0. The van der Waals surface area contributed by atoms with E-state index in [0.717, 1.165) is 32.1 Å². The Morgan fingerprint density at radius 1 is 1.10 bits per heavy atom. The Morgan fingerprint density at radius 2 is 1.70 bits per heavy atom. The Hall–Kier alpha value is 0.110. The van der Waals surface area contributed by atoms with Crippen LogP contribution in [0, 0.1) is 17.8 Å². The third-order valence-electron chi connectivity index (χ3n) is 4.56. The molecule has 0 heterocycles. The lowest BCUT2D eigenvalue weighted by Gasteiger charge is -2.37. The van der Waals surface area contributed by atoms with Crippen molar-refractivity contribution >= 4 is 7.82 Å². The Bertz CT molecular complexity index is 309. The minimum Gasteiger partial charge on any atom is -0.290 e. The fraction of sp³-hybridized carbons (Fsp3) is 1.00. The van der Waals surface area contributed by atoms with Crippen molar-refractivity contribution in [1.82, 2.24) is 0 Å². The van der Waals surface area contributed by atoms with E-state index in [2.05, 4.69) is 27.7 Å². The van der Waals surface area contributed by atoms with E-state index in [4.69, 9.17) is 13.6 Å². The number of hydrogen-bond donors (Lipinski definition) is 0. The highest BCUT2D eigenvalue weighted by Gasteiger charge is 2.36. The summed E-state index contributed by atoms with van der Waals surface area (Å²) in [6, 6.07) is 0. The van der Waals surface area contributed by atoms with Gasteiger partial charge in [0.15, 0.2) is 0 Å². The average molecular weight is 306 g/mol. The monoisotopic (exact) mass is 306 g/mol. The molecule has 1 aliphatic carbocycles. The fourth-order valence-electron chi connectivity index (χ4n) is 2.84. The van der Waals surface area contributed by atoms with Crippen molar-refractivity contribution in [2.24, 2.45) is 17.8 Å². The zero-order chi connectivity index (χ0) is 15.2. The molecule has 0 radical (unpaired) electrons. The molecule has 120 valence electrons. The Kier molecular flexibility index (Phi) is 7.74. The van der Waals surface area contributed by atoms with Crippen molar-refractivity contribution in [1.29, 1.82) is 0 Å². The molecule has 1 saturated carbocycles. The van der Waals surface area contributed by atoms with E-state index in [9.17, 15) is 4.57 Å². The van der Waals surface area contributed by atoms with Crippen molar-refractivity contribution < 1.29 is 18.1 Å². The normalized spacial score (nSPS) is 33.9. The molecule has 4 nitrogen and oxygen atoms in total. The Labute approximate surface area is 124 Å². The van der Waals surface area contributed by atoms with Gasteiger partial charge in [0.2, 0.25) is 0 Å². The molecule has 0 aliphatic heterocycles. The van der Waals surface area contributed by atoms with Crippen LogP contribution in [0.4, 0.5) is 0 Å². The van der Waals surface area contributed by atoms with Crippen molar-refractivity contribution in [2.75, 3.05) is 13.7 Å². The third kappa shape index (κ3) is 5.48. The van der Waals surface area contributed by atoms with Crippen molar-refractivity contribution in [3.8, 4) is 0 Å². The van der Waals surface area contributed by atoms with E-state index in [-0.39, 0.29) is 6.10 Å². The van der Waals surface area contributed by atoms with E-state index in [1.54, 1.807) is 0 Å². The second kappa shape index (κ2) is 8.53. The molecule has 1 aliphatic rings. The SMILES string of the molecule is CCCCCOP(=O)(OC)OC1CC(C)C(C)C(C)C1. The van der Waals surface area contributed by atoms with Crippen LogP contribution < -0.4 is 0 Å². The van der Waals surface area contributed by atoms with Gasteiger partial charge in [-0.3, -0.25) is 13.6 Å². The van der Waals surface area contributed by atoms with Gasteiger partial charge >= 0.3 is 7.82 Å². The van der Waals surface area contributed by atoms with Gasteiger partial charge in [-0.1, -0.05) is 40.5 Å². The molecule has 0 saturated heterocycles. The standard InChI is InChI=1S/C15H31O4P/c1-6-7-8-9-18-20(16,17-5)19-15-10-12(2)14(4)13(3)11-15/h12-15H,6-11H2,1-5H3. The summed E-state index contributed by atoms with van der Waals surface area (Å²) in [6.07, 6.45) is 4.90. The summed E-state index contributed by atoms with van der Waals surface area (Å²) in [5.74, 6) is 1.84. The molecule has 0 aromatic rings. The van der Waals surface area contributed by atoms with Crippen LogP contribution in [0.25, 0.3) is 0 Å². The summed E-state index contributed by atoms with van der Waals surface area (Å²) >= 11 is 0. The van der Waals surface area contributed by atoms with Crippen LogP contribution in [0.15, 0.2) is 0 Å². The van der Waals surface area contributed by atoms with Crippen molar-refractivity contribution in [2.45, 2.75) is 65.9 Å². The van der Waals surface area contributed by atoms with Gasteiger partial charge in [0.25, 0.3) is 0 Å².